The number of carbonyl (C=O) groups is 2. The van der Waals surface area contributed by atoms with Crippen LogP contribution in [0.1, 0.15) is 43.4 Å². The lowest BCUT2D eigenvalue weighted by Crippen LogP contribution is -2.36. The molecule has 3 aromatic rings. The summed E-state index contributed by atoms with van der Waals surface area (Å²) in [5, 5.41) is 5.79. The molecule has 2 aromatic heterocycles. The second kappa shape index (κ2) is 12.6. The number of aromatic nitrogens is 3. The summed E-state index contributed by atoms with van der Waals surface area (Å²) in [5.41, 5.74) is 3.47. The van der Waals surface area contributed by atoms with Crippen molar-refractivity contribution in [3.8, 4) is 0 Å². The SMILES string of the molecule is Cc1ncn(CC(=O)NCC(C)(C)C)c1CNC(=O)Cn1c(C)ccc(NSCc2ccccc2)c1=O. The summed E-state index contributed by atoms with van der Waals surface area (Å²) in [6, 6.07) is 13.5. The molecule has 0 saturated carbocycles. The molecule has 0 atom stereocenters. The number of anilines is 1. The van der Waals surface area contributed by atoms with E-state index in [1.165, 1.54) is 16.5 Å². The molecule has 3 N–H and O–H groups in total. The Hall–Kier alpha value is -3.53. The van der Waals surface area contributed by atoms with Gasteiger partial charge in [0.1, 0.15) is 18.8 Å². The average Bonchev–Trinajstić information content (AvgIpc) is 3.19. The predicted molar refractivity (Wildman–Crippen MR) is 148 cm³/mol. The number of hydrogen-bond donors (Lipinski definition) is 3. The standard InChI is InChI=1S/C27H36N6O3S/c1-19-11-12-22(31-37-16-21-9-7-6-8-10-21)26(36)33(19)15-25(35)28-13-23-20(2)30-18-32(23)14-24(34)29-17-27(3,4)5/h6-12,18,31H,13-17H2,1-5H3,(H,28,35)(H,29,34). The quantitative estimate of drug-likeness (QED) is 0.332. The maximum absolute atomic E-state index is 13.0. The fourth-order valence-electron chi connectivity index (χ4n) is 3.55. The van der Waals surface area contributed by atoms with Crippen molar-refractivity contribution in [2.75, 3.05) is 11.3 Å². The molecule has 37 heavy (non-hydrogen) atoms. The van der Waals surface area contributed by atoms with E-state index in [0.29, 0.717) is 23.7 Å². The smallest absolute Gasteiger partial charge is 0.275 e. The molecule has 0 radical (unpaired) electrons. The molecule has 2 amide bonds. The van der Waals surface area contributed by atoms with Crippen LogP contribution in [0.25, 0.3) is 0 Å². The van der Waals surface area contributed by atoms with Gasteiger partial charge in [0.15, 0.2) is 0 Å². The molecule has 0 aliphatic heterocycles. The summed E-state index contributed by atoms with van der Waals surface area (Å²) >= 11 is 1.42. The molecule has 198 valence electrons. The molecule has 9 nitrogen and oxygen atoms in total. The molecule has 0 aliphatic rings. The van der Waals surface area contributed by atoms with Gasteiger partial charge in [0.2, 0.25) is 11.8 Å². The first-order valence-electron chi connectivity index (χ1n) is 12.2. The fourth-order valence-corrected chi connectivity index (χ4v) is 4.29. The number of rotatable bonds is 11. The molecule has 0 aliphatic carbocycles. The predicted octanol–water partition coefficient (Wildman–Crippen LogP) is 3.40. The van der Waals surface area contributed by atoms with Crippen LogP contribution in [-0.2, 0) is 35.0 Å². The van der Waals surface area contributed by atoms with Gasteiger partial charge in [-0.2, -0.15) is 0 Å². The van der Waals surface area contributed by atoms with Crippen LogP contribution >= 0.6 is 11.9 Å². The summed E-state index contributed by atoms with van der Waals surface area (Å²) in [6.07, 6.45) is 1.60. The Morgan fingerprint density at radius 2 is 1.68 bits per heavy atom. The zero-order valence-corrected chi connectivity index (χ0v) is 22.9. The maximum atomic E-state index is 13.0. The molecular formula is C27H36N6O3S. The first-order chi connectivity index (χ1) is 17.5. The van der Waals surface area contributed by atoms with E-state index < -0.39 is 0 Å². The summed E-state index contributed by atoms with van der Waals surface area (Å²) in [6.45, 7) is 10.6. The third-order valence-corrected chi connectivity index (χ3v) is 6.54. The monoisotopic (exact) mass is 524 g/mol. The summed E-state index contributed by atoms with van der Waals surface area (Å²) in [5.74, 6) is 0.288. The third kappa shape index (κ3) is 8.52. The van der Waals surface area contributed by atoms with Crippen molar-refractivity contribution in [1.29, 1.82) is 0 Å². The molecule has 0 fully saturated rings. The van der Waals surface area contributed by atoms with Gasteiger partial charge in [-0.25, -0.2) is 4.98 Å². The molecular weight excluding hydrogens is 488 g/mol. The van der Waals surface area contributed by atoms with Gasteiger partial charge in [-0.1, -0.05) is 51.1 Å². The Morgan fingerprint density at radius 1 is 0.973 bits per heavy atom. The van der Waals surface area contributed by atoms with Crippen LogP contribution in [0.2, 0.25) is 0 Å². The van der Waals surface area contributed by atoms with Crippen molar-refractivity contribution >= 4 is 29.4 Å². The van der Waals surface area contributed by atoms with Gasteiger partial charge in [-0.05, 0) is 48.9 Å². The van der Waals surface area contributed by atoms with Crippen LogP contribution in [0.3, 0.4) is 0 Å². The first-order valence-corrected chi connectivity index (χ1v) is 13.2. The van der Waals surface area contributed by atoms with Crippen molar-refractivity contribution in [2.24, 2.45) is 5.41 Å². The van der Waals surface area contributed by atoms with Crippen LogP contribution in [0.15, 0.2) is 53.6 Å². The van der Waals surface area contributed by atoms with Crippen LogP contribution in [0.5, 0.6) is 0 Å². The van der Waals surface area contributed by atoms with E-state index >= 15 is 0 Å². The number of amides is 2. The Bertz CT molecular complexity index is 1280. The molecule has 3 rings (SSSR count). The molecule has 10 heteroatoms. The van der Waals surface area contributed by atoms with E-state index in [1.807, 2.05) is 43.3 Å². The van der Waals surface area contributed by atoms with Gasteiger partial charge in [0.05, 0.1) is 24.3 Å². The largest absolute Gasteiger partial charge is 0.354 e. The van der Waals surface area contributed by atoms with E-state index in [0.717, 1.165) is 17.0 Å². The highest BCUT2D eigenvalue weighted by atomic mass is 32.2. The van der Waals surface area contributed by atoms with E-state index in [2.05, 4.69) is 41.1 Å². The van der Waals surface area contributed by atoms with Gasteiger partial charge in [-0.3, -0.25) is 14.4 Å². The van der Waals surface area contributed by atoms with Crippen molar-refractivity contribution in [1.82, 2.24) is 24.8 Å². The summed E-state index contributed by atoms with van der Waals surface area (Å²) < 4.78 is 6.30. The minimum Gasteiger partial charge on any atom is -0.354 e. The Labute approximate surface area is 222 Å². The number of aryl methyl sites for hydroxylation is 2. The minimum absolute atomic E-state index is 0.0130. The molecule has 0 bridgehead atoms. The zero-order valence-electron chi connectivity index (χ0n) is 22.1. The highest BCUT2D eigenvalue weighted by molar-refractivity contribution is 7.99. The van der Waals surface area contributed by atoms with Gasteiger partial charge in [-0.15, -0.1) is 0 Å². The number of benzene rings is 1. The van der Waals surface area contributed by atoms with Crippen LogP contribution in [-0.4, -0.2) is 32.5 Å². The van der Waals surface area contributed by atoms with E-state index in [4.69, 9.17) is 0 Å². The molecule has 0 unspecified atom stereocenters. The summed E-state index contributed by atoms with van der Waals surface area (Å²) in [4.78, 5) is 42.5. The van der Waals surface area contributed by atoms with Crippen molar-refractivity contribution in [2.45, 2.75) is 60.0 Å². The lowest BCUT2D eigenvalue weighted by atomic mass is 9.97. The topological polar surface area (TPSA) is 110 Å². The molecule has 0 saturated heterocycles. The molecule has 1 aromatic carbocycles. The number of pyridine rings is 1. The van der Waals surface area contributed by atoms with Crippen LogP contribution < -0.4 is 20.9 Å². The van der Waals surface area contributed by atoms with E-state index in [1.54, 1.807) is 23.9 Å². The van der Waals surface area contributed by atoms with E-state index in [9.17, 15) is 14.4 Å². The van der Waals surface area contributed by atoms with Crippen LogP contribution in [0.4, 0.5) is 5.69 Å². The number of carbonyl (C=O) groups excluding carboxylic acids is 2. The van der Waals surface area contributed by atoms with Gasteiger partial charge in [0, 0.05) is 18.0 Å². The maximum Gasteiger partial charge on any atom is 0.275 e. The van der Waals surface area contributed by atoms with Gasteiger partial charge < -0.3 is 24.5 Å². The normalized spacial score (nSPS) is 11.3. The highest BCUT2D eigenvalue weighted by Crippen LogP contribution is 2.15. The number of nitrogens with zero attached hydrogens (tertiary/aromatic N) is 3. The Morgan fingerprint density at radius 3 is 2.38 bits per heavy atom. The first kappa shape index (κ1) is 28.0. The second-order valence-corrected chi connectivity index (χ2v) is 11.0. The van der Waals surface area contributed by atoms with Crippen molar-refractivity contribution < 1.29 is 9.59 Å². The molecule has 0 spiro atoms. The lowest BCUT2D eigenvalue weighted by molar-refractivity contribution is -0.122. The average molecular weight is 525 g/mol. The van der Waals surface area contributed by atoms with E-state index in [-0.39, 0.29) is 42.4 Å². The van der Waals surface area contributed by atoms with Crippen LogP contribution in [0, 0.1) is 19.3 Å². The lowest BCUT2D eigenvalue weighted by Gasteiger charge is -2.19. The van der Waals surface area contributed by atoms with Crippen molar-refractivity contribution in [3.63, 3.8) is 0 Å². The molecule has 2 heterocycles. The third-order valence-electron chi connectivity index (χ3n) is 5.70. The highest BCUT2D eigenvalue weighted by Gasteiger charge is 2.16. The number of hydrogen-bond acceptors (Lipinski definition) is 6. The zero-order chi connectivity index (χ0) is 27.0. The Balaban J connectivity index is 1.58. The number of nitrogens with one attached hydrogen (secondary N) is 3. The van der Waals surface area contributed by atoms with Crippen molar-refractivity contribution in [3.05, 3.63) is 81.8 Å². The van der Waals surface area contributed by atoms with Gasteiger partial charge in [0.25, 0.3) is 5.56 Å². The minimum atomic E-state index is -0.302. The second-order valence-electron chi connectivity index (χ2n) is 10.2. The number of imidazole rings is 1. The summed E-state index contributed by atoms with van der Waals surface area (Å²) in [7, 11) is 0. The van der Waals surface area contributed by atoms with Gasteiger partial charge >= 0.3 is 0 Å². The fraction of sp³-hybridized carbons (Fsp3) is 0.407. The Kier molecular flexibility index (Phi) is 9.57.